The van der Waals surface area contributed by atoms with Crippen LogP contribution in [0.25, 0.3) is 10.1 Å². The lowest BCUT2D eigenvalue weighted by Crippen LogP contribution is -2.14. The molecule has 0 aliphatic heterocycles. The highest BCUT2D eigenvalue weighted by molar-refractivity contribution is 7.17. The average molecular weight is 292 g/mol. The first-order valence-corrected chi connectivity index (χ1v) is 7.10. The van der Waals surface area contributed by atoms with Gasteiger partial charge in [-0.3, -0.25) is 0 Å². The molecule has 0 saturated carbocycles. The van der Waals surface area contributed by atoms with Gasteiger partial charge in [-0.15, -0.1) is 11.3 Å². The van der Waals surface area contributed by atoms with E-state index in [9.17, 15) is 4.39 Å². The zero-order chi connectivity index (χ0) is 13.4. The van der Waals surface area contributed by atoms with Gasteiger partial charge in [0.1, 0.15) is 5.82 Å². The van der Waals surface area contributed by atoms with E-state index in [4.69, 9.17) is 17.3 Å². The molecule has 0 fully saturated rings. The third-order valence-electron chi connectivity index (χ3n) is 3.16. The van der Waals surface area contributed by atoms with E-state index in [-0.39, 0.29) is 5.82 Å². The van der Waals surface area contributed by atoms with E-state index in [0.29, 0.717) is 10.6 Å². The van der Waals surface area contributed by atoms with Crippen molar-refractivity contribution in [2.24, 2.45) is 5.73 Å². The number of benzene rings is 2. The van der Waals surface area contributed by atoms with Crippen LogP contribution >= 0.6 is 22.9 Å². The van der Waals surface area contributed by atoms with Crippen molar-refractivity contribution in [2.45, 2.75) is 6.04 Å². The summed E-state index contributed by atoms with van der Waals surface area (Å²) in [6.45, 7) is 0. The maximum absolute atomic E-state index is 14.0. The number of rotatable bonds is 2. The Bertz CT molecular complexity index is 718. The molecule has 0 amide bonds. The van der Waals surface area contributed by atoms with Gasteiger partial charge in [0, 0.05) is 15.3 Å². The van der Waals surface area contributed by atoms with Crippen LogP contribution in [0.1, 0.15) is 17.2 Å². The van der Waals surface area contributed by atoms with Crippen LogP contribution in [0.5, 0.6) is 0 Å². The maximum atomic E-state index is 14.0. The van der Waals surface area contributed by atoms with Crippen LogP contribution in [0.4, 0.5) is 4.39 Å². The summed E-state index contributed by atoms with van der Waals surface area (Å²) in [5.41, 5.74) is 7.48. The van der Waals surface area contributed by atoms with Crippen LogP contribution in [-0.2, 0) is 0 Å². The second kappa shape index (κ2) is 4.93. The predicted molar refractivity (Wildman–Crippen MR) is 79.3 cm³/mol. The van der Waals surface area contributed by atoms with Crippen molar-refractivity contribution in [1.82, 2.24) is 0 Å². The van der Waals surface area contributed by atoms with Crippen LogP contribution in [0.15, 0.2) is 47.8 Å². The van der Waals surface area contributed by atoms with E-state index in [2.05, 4.69) is 0 Å². The minimum atomic E-state index is -0.559. The Kier molecular flexibility index (Phi) is 3.27. The number of hydrogen-bond acceptors (Lipinski definition) is 2. The summed E-state index contributed by atoms with van der Waals surface area (Å²) in [7, 11) is 0. The molecule has 0 spiro atoms. The van der Waals surface area contributed by atoms with Gasteiger partial charge < -0.3 is 5.73 Å². The fourth-order valence-corrected chi connectivity index (χ4v) is 3.46. The Morgan fingerprint density at radius 1 is 1.11 bits per heavy atom. The quantitative estimate of drug-likeness (QED) is 0.725. The normalized spacial score (nSPS) is 12.8. The Labute approximate surface area is 119 Å². The molecule has 96 valence electrons. The number of hydrogen-bond donors (Lipinski definition) is 1. The van der Waals surface area contributed by atoms with E-state index < -0.39 is 6.04 Å². The molecule has 3 aromatic rings. The second-order valence-electron chi connectivity index (χ2n) is 4.30. The third-order valence-corrected chi connectivity index (χ3v) is 4.46. The highest BCUT2D eigenvalue weighted by Crippen LogP contribution is 2.34. The highest BCUT2D eigenvalue weighted by Gasteiger charge is 2.19. The van der Waals surface area contributed by atoms with E-state index in [1.54, 1.807) is 23.5 Å². The van der Waals surface area contributed by atoms with Gasteiger partial charge in [0.05, 0.1) is 6.04 Å². The fraction of sp³-hybridized carbons (Fsp3) is 0.0667. The highest BCUT2D eigenvalue weighted by atomic mass is 35.5. The summed E-state index contributed by atoms with van der Waals surface area (Å²) in [5.74, 6) is -0.367. The summed E-state index contributed by atoms with van der Waals surface area (Å²) in [6.07, 6.45) is 0. The molecule has 0 bridgehead atoms. The van der Waals surface area contributed by atoms with Crippen molar-refractivity contribution in [3.63, 3.8) is 0 Å². The average Bonchev–Trinajstić information content (AvgIpc) is 2.86. The van der Waals surface area contributed by atoms with Crippen molar-refractivity contribution in [1.29, 1.82) is 0 Å². The molecule has 3 rings (SSSR count). The molecule has 1 aromatic heterocycles. The van der Waals surface area contributed by atoms with Gasteiger partial charge in [0.15, 0.2) is 0 Å². The Balaban J connectivity index is 2.19. The van der Waals surface area contributed by atoms with Crippen LogP contribution in [0.3, 0.4) is 0 Å². The lowest BCUT2D eigenvalue weighted by Gasteiger charge is -2.16. The van der Waals surface area contributed by atoms with Crippen LogP contribution in [0, 0.1) is 5.82 Å². The zero-order valence-electron chi connectivity index (χ0n) is 9.94. The van der Waals surface area contributed by atoms with Gasteiger partial charge in [0.2, 0.25) is 0 Å². The summed E-state index contributed by atoms with van der Waals surface area (Å²) in [4.78, 5) is 0. The predicted octanol–water partition coefficient (Wildman–Crippen LogP) is 4.74. The SMILES string of the molecule is NC(c1c(F)cccc1Cl)c1cccc2ccsc12. The minimum Gasteiger partial charge on any atom is -0.320 e. The van der Waals surface area contributed by atoms with E-state index in [1.165, 1.54) is 6.07 Å². The largest absolute Gasteiger partial charge is 0.320 e. The van der Waals surface area contributed by atoms with Gasteiger partial charge >= 0.3 is 0 Å². The van der Waals surface area contributed by atoms with E-state index in [1.807, 2.05) is 29.6 Å². The lowest BCUT2D eigenvalue weighted by atomic mass is 9.98. The number of thiophene rings is 1. The standard InChI is InChI=1S/C15H11ClFNS/c16-11-5-2-6-12(17)13(11)14(18)10-4-1-3-9-7-8-19-15(9)10/h1-8,14H,18H2. The molecule has 0 radical (unpaired) electrons. The molecule has 1 nitrogen and oxygen atoms in total. The zero-order valence-corrected chi connectivity index (χ0v) is 11.5. The van der Waals surface area contributed by atoms with Gasteiger partial charge in [-0.05, 0) is 34.5 Å². The van der Waals surface area contributed by atoms with Gasteiger partial charge in [-0.1, -0.05) is 35.9 Å². The Morgan fingerprint density at radius 2 is 1.89 bits per heavy atom. The lowest BCUT2D eigenvalue weighted by molar-refractivity contribution is 0.600. The van der Waals surface area contributed by atoms with E-state index >= 15 is 0 Å². The Hall–Kier alpha value is -1.42. The van der Waals surface area contributed by atoms with Crippen LogP contribution < -0.4 is 5.73 Å². The van der Waals surface area contributed by atoms with Crippen molar-refractivity contribution < 1.29 is 4.39 Å². The number of fused-ring (bicyclic) bond motifs is 1. The van der Waals surface area contributed by atoms with Crippen molar-refractivity contribution in [3.8, 4) is 0 Å². The molecule has 2 aromatic carbocycles. The van der Waals surface area contributed by atoms with Crippen molar-refractivity contribution >= 4 is 33.0 Å². The second-order valence-corrected chi connectivity index (χ2v) is 5.62. The third kappa shape index (κ3) is 2.14. The van der Waals surface area contributed by atoms with Crippen LogP contribution in [0.2, 0.25) is 5.02 Å². The van der Waals surface area contributed by atoms with E-state index in [0.717, 1.165) is 15.6 Å². The van der Waals surface area contributed by atoms with Crippen molar-refractivity contribution in [2.75, 3.05) is 0 Å². The fourth-order valence-electron chi connectivity index (χ4n) is 2.22. The molecular weight excluding hydrogens is 281 g/mol. The van der Waals surface area contributed by atoms with Gasteiger partial charge in [-0.25, -0.2) is 4.39 Å². The van der Waals surface area contributed by atoms with Crippen molar-refractivity contribution in [3.05, 3.63) is 69.8 Å². The maximum Gasteiger partial charge on any atom is 0.129 e. The first kappa shape index (κ1) is 12.6. The topological polar surface area (TPSA) is 26.0 Å². The molecule has 1 atom stereocenters. The molecule has 0 aliphatic rings. The molecule has 0 aliphatic carbocycles. The molecule has 1 unspecified atom stereocenters. The summed E-state index contributed by atoms with van der Waals surface area (Å²) in [5, 5.41) is 3.48. The number of halogens is 2. The Morgan fingerprint density at radius 3 is 2.68 bits per heavy atom. The molecule has 1 heterocycles. The van der Waals surface area contributed by atoms with Gasteiger partial charge in [-0.2, -0.15) is 0 Å². The summed E-state index contributed by atoms with van der Waals surface area (Å²) in [6, 6.07) is 12.0. The molecular formula is C15H11ClFNS. The molecule has 19 heavy (non-hydrogen) atoms. The minimum absolute atomic E-state index is 0.352. The first-order valence-electron chi connectivity index (χ1n) is 5.84. The first-order chi connectivity index (χ1) is 9.18. The van der Waals surface area contributed by atoms with Crippen LogP contribution in [-0.4, -0.2) is 0 Å². The summed E-state index contributed by atoms with van der Waals surface area (Å²) >= 11 is 7.69. The molecule has 2 N–H and O–H groups in total. The smallest absolute Gasteiger partial charge is 0.129 e. The molecule has 0 saturated heterocycles. The number of nitrogens with two attached hydrogens (primary N) is 1. The summed E-state index contributed by atoms with van der Waals surface area (Å²) < 4.78 is 15.0. The molecule has 4 heteroatoms. The van der Waals surface area contributed by atoms with Gasteiger partial charge in [0.25, 0.3) is 0 Å². The monoisotopic (exact) mass is 291 g/mol.